The number of rotatable bonds is 6. The Labute approximate surface area is 185 Å². The van der Waals surface area contributed by atoms with Crippen LogP contribution in [-0.4, -0.2) is 72.3 Å². The Kier molecular flexibility index (Phi) is 8.74. The lowest BCUT2D eigenvalue weighted by atomic mass is 9.95. The Morgan fingerprint density at radius 1 is 0.935 bits per heavy atom. The molecule has 2 heterocycles. The fourth-order valence-corrected chi connectivity index (χ4v) is 4.42. The molecular weight excluding hydrogens is 392 g/mol. The van der Waals surface area contributed by atoms with Crippen LogP contribution in [-0.2, 0) is 16.1 Å². The van der Waals surface area contributed by atoms with E-state index in [2.05, 4.69) is 5.32 Å². The van der Waals surface area contributed by atoms with Gasteiger partial charge >= 0.3 is 6.03 Å². The van der Waals surface area contributed by atoms with Gasteiger partial charge in [-0.05, 0) is 31.2 Å². The molecule has 7 nitrogen and oxygen atoms in total. The molecule has 170 valence electrons. The number of amides is 4. The third-order valence-electron chi connectivity index (χ3n) is 6.34. The van der Waals surface area contributed by atoms with E-state index in [-0.39, 0.29) is 30.2 Å². The summed E-state index contributed by atoms with van der Waals surface area (Å²) < 4.78 is 0. The molecule has 7 heteroatoms. The fraction of sp³-hybridized carbons (Fsp3) is 0.625. The van der Waals surface area contributed by atoms with E-state index in [1.165, 1.54) is 12.8 Å². The molecule has 0 unspecified atom stereocenters. The van der Waals surface area contributed by atoms with Crippen molar-refractivity contribution in [3.8, 4) is 0 Å². The molecule has 0 atom stereocenters. The topological polar surface area (TPSA) is 73.0 Å². The summed E-state index contributed by atoms with van der Waals surface area (Å²) >= 11 is 0. The highest BCUT2D eigenvalue weighted by Gasteiger charge is 2.30. The van der Waals surface area contributed by atoms with Crippen LogP contribution < -0.4 is 5.32 Å². The first-order valence-corrected chi connectivity index (χ1v) is 11.6. The Morgan fingerprint density at radius 2 is 1.58 bits per heavy atom. The van der Waals surface area contributed by atoms with Gasteiger partial charge in [0.2, 0.25) is 11.8 Å². The average Bonchev–Trinajstić information content (AvgIpc) is 3.09. The predicted octanol–water partition coefficient (Wildman–Crippen LogP) is 2.86. The van der Waals surface area contributed by atoms with Gasteiger partial charge in [-0.3, -0.25) is 9.59 Å². The maximum absolute atomic E-state index is 12.8. The summed E-state index contributed by atoms with van der Waals surface area (Å²) in [6.07, 6.45) is 6.42. The Balaban J connectivity index is 1.34. The van der Waals surface area contributed by atoms with Gasteiger partial charge in [0, 0.05) is 58.7 Å². The molecule has 1 aromatic rings. The average molecular weight is 429 g/mol. The van der Waals surface area contributed by atoms with Crippen molar-refractivity contribution in [2.75, 3.05) is 39.8 Å². The number of likely N-dealkylation sites (tertiary alicyclic amines) is 2. The van der Waals surface area contributed by atoms with Gasteiger partial charge in [-0.1, -0.05) is 43.2 Å². The number of benzene rings is 1. The second kappa shape index (κ2) is 11.7. The monoisotopic (exact) mass is 428 g/mol. The van der Waals surface area contributed by atoms with Crippen molar-refractivity contribution < 1.29 is 14.4 Å². The number of piperidine rings is 1. The van der Waals surface area contributed by atoms with Gasteiger partial charge in [0.1, 0.15) is 0 Å². The Morgan fingerprint density at radius 3 is 2.23 bits per heavy atom. The van der Waals surface area contributed by atoms with Crippen molar-refractivity contribution in [2.24, 2.45) is 5.92 Å². The van der Waals surface area contributed by atoms with Gasteiger partial charge in [0.15, 0.2) is 0 Å². The first kappa shape index (κ1) is 23.1. The second-order valence-corrected chi connectivity index (χ2v) is 8.72. The van der Waals surface area contributed by atoms with E-state index in [0.29, 0.717) is 26.2 Å². The van der Waals surface area contributed by atoms with Crippen LogP contribution in [0.25, 0.3) is 0 Å². The standard InChI is InChI=1S/C24H36N4O3/c1-26(19-20-9-5-4-6-10-20)24(31)25-14-11-22(29)27-17-12-21(13-18-27)23(30)28-15-7-2-3-8-16-28/h4-6,9-10,21H,2-3,7-8,11-19H2,1H3,(H,25,31). The minimum absolute atomic E-state index is 0.0479. The van der Waals surface area contributed by atoms with Crippen LogP contribution in [0.4, 0.5) is 4.79 Å². The molecule has 0 spiro atoms. The van der Waals surface area contributed by atoms with Gasteiger partial charge in [0.05, 0.1) is 0 Å². The van der Waals surface area contributed by atoms with Crippen molar-refractivity contribution in [2.45, 2.75) is 51.5 Å². The van der Waals surface area contributed by atoms with E-state index in [0.717, 1.165) is 44.3 Å². The van der Waals surface area contributed by atoms with Crippen LogP contribution in [0.5, 0.6) is 0 Å². The summed E-state index contributed by atoms with van der Waals surface area (Å²) in [5.74, 6) is 0.378. The van der Waals surface area contributed by atoms with Gasteiger partial charge < -0.3 is 20.0 Å². The lowest BCUT2D eigenvalue weighted by Gasteiger charge is -2.34. The highest BCUT2D eigenvalue weighted by atomic mass is 16.2. The van der Waals surface area contributed by atoms with Crippen LogP contribution in [0.3, 0.4) is 0 Å². The lowest BCUT2D eigenvalue weighted by Crippen LogP contribution is -2.45. The van der Waals surface area contributed by atoms with Gasteiger partial charge in [-0.15, -0.1) is 0 Å². The smallest absolute Gasteiger partial charge is 0.317 e. The lowest BCUT2D eigenvalue weighted by molar-refractivity contribution is -0.140. The molecule has 2 fully saturated rings. The van der Waals surface area contributed by atoms with Gasteiger partial charge in [0.25, 0.3) is 0 Å². The molecule has 2 aliphatic heterocycles. The highest BCUT2D eigenvalue weighted by Crippen LogP contribution is 2.22. The third-order valence-corrected chi connectivity index (χ3v) is 6.34. The van der Waals surface area contributed by atoms with Crippen LogP contribution in [0.1, 0.15) is 50.5 Å². The largest absolute Gasteiger partial charge is 0.343 e. The molecule has 2 aliphatic rings. The van der Waals surface area contributed by atoms with Crippen molar-refractivity contribution in [3.63, 3.8) is 0 Å². The zero-order valence-electron chi connectivity index (χ0n) is 18.7. The first-order chi connectivity index (χ1) is 15.0. The Hall–Kier alpha value is -2.57. The third kappa shape index (κ3) is 6.97. The molecule has 0 saturated carbocycles. The van der Waals surface area contributed by atoms with Gasteiger partial charge in [-0.2, -0.15) is 0 Å². The van der Waals surface area contributed by atoms with Crippen molar-refractivity contribution in [1.82, 2.24) is 20.0 Å². The summed E-state index contributed by atoms with van der Waals surface area (Å²) in [5, 5.41) is 2.83. The molecule has 0 aromatic heterocycles. The number of carbonyl (C=O) groups excluding carboxylic acids is 3. The van der Waals surface area contributed by atoms with Gasteiger partial charge in [-0.25, -0.2) is 4.79 Å². The molecule has 2 saturated heterocycles. The number of urea groups is 1. The molecule has 3 rings (SSSR count). The molecule has 0 aliphatic carbocycles. The predicted molar refractivity (Wildman–Crippen MR) is 120 cm³/mol. The van der Waals surface area contributed by atoms with E-state index in [1.807, 2.05) is 40.1 Å². The second-order valence-electron chi connectivity index (χ2n) is 8.72. The first-order valence-electron chi connectivity index (χ1n) is 11.6. The molecule has 1 aromatic carbocycles. The molecule has 4 amide bonds. The fourth-order valence-electron chi connectivity index (χ4n) is 4.42. The molecule has 1 N–H and O–H groups in total. The molecular formula is C24H36N4O3. The molecule has 0 radical (unpaired) electrons. The zero-order valence-corrected chi connectivity index (χ0v) is 18.7. The minimum atomic E-state index is -0.182. The number of nitrogens with zero attached hydrogens (tertiary/aromatic N) is 3. The van der Waals surface area contributed by atoms with Crippen LogP contribution in [0.15, 0.2) is 30.3 Å². The number of carbonyl (C=O) groups is 3. The van der Waals surface area contributed by atoms with Crippen LogP contribution in [0.2, 0.25) is 0 Å². The molecule has 31 heavy (non-hydrogen) atoms. The zero-order chi connectivity index (χ0) is 22.1. The quantitative estimate of drug-likeness (QED) is 0.757. The summed E-state index contributed by atoms with van der Waals surface area (Å²) in [6, 6.07) is 9.62. The molecule has 0 bridgehead atoms. The Bertz CT molecular complexity index is 724. The normalized spacial score (nSPS) is 17.7. The number of hydrogen-bond donors (Lipinski definition) is 1. The highest BCUT2D eigenvalue weighted by molar-refractivity contribution is 5.81. The van der Waals surface area contributed by atoms with E-state index in [9.17, 15) is 14.4 Å². The van der Waals surface area contributed by atoms with E-state index in [4.69, 9.17) is 0 Å². The maximum Gasteiger partial charge on any atom is 0.317 e. The summed E-state index contributed by atoms with van der Waals surface area (Å²) in [4.78, 5) is 43.1. The van der Waals surface area contributed by atoms with Crippen LogP contribution >= 0.6 is 0 Å². The van der Waals surface area contributed by atoms with Crippen molar-refractivity contribution in [3.05, 3.63) is 35.9 Å². The SMILES string of the molecule is CN(Cc1ccccc1)C(=O)NCCC(=O)N1CCC(C(=O)N2CCCCCC2)CC1. The van der Waals surface area contributed by atoms with Crippen molar-refractivity contribution >= 4 is 17.8 Å². The number of hydrogen-bond acceptors (Lipinski definition) is 3. The number of nitrogens with one attached hydrogen (secondary N) is 1. The van der Waals surface area contributed by atoms with Crippen LogP contribution in [0, 0.1) is 5.92 Å². The summed E-state index contributed by atoms with van der Waals surface area (Å²) in [6.45, 7) is 3.88. The summed E-state index contributed by atoms with van der Waals surface area (Å²) in [5.41, 5.74) is 1.06. The van der Waals surface area contributed by atoms with E-state index < -0.39 is 0 Å². The summed E-state index contributed by atoms with van der Waals surface area (Å²) in [7, 11) is 1.75. The van der Waals surface area contributed by atoms with E-state index >= 15 is 0 Å². The minimum Gasteiger partial charge on any atom is -0.343 e. The van der Waals surface area contributed by atoms with E-state index in [1.54, 1.807) is 11.9 Å². The van der Waals surface area contributed by atoms with Crippen molar-refractivity contribution in [1.29, 1.82) is 0 Å². The maximum atomic E-state index is 12.8.